The molecule has 17 heavy (non-hydrogen) atoms. The zero-order chi connectivity index (χ0) is 12.3. The minimum Gasteiger partial charge on any atom is -0.395 e. The van der Waals surface area contributed by atoms with Gasteiger partial charge in [-0.15, -0.1) is 10.2 Å². The van der Waals surface area contributed by atoms with Crippen molar-refractivity contribution >= 4 is 22.4 Å². The number of hydrogen-bond donors (Lipinski definition) is 2. The van der Waals surface area contributed by atoms with Gasteiger partial charge in [0.15, 0.2) is 0 Å². The molecule has 1 saturated carbocycles. The molecule has 1 aromatic rings. The number of aliphatic hydroxyl groups excluding tert-OH is 1. The number of nitrogen functional groups attached to an aromatic ring is 1. The molecule has 1 aliphatic rings. The molecule has 1 heterocycles. The van der Waals surface area contributed by atoms with Gasteiger partial charge in [0, 0.05) is 12.6 Å². The largest absolute Gasteiger partial charge is 0.395 e. The predicted molar refractivity (Wildman–Crippen MR) is 64.7 cm³/mol. The lowest BCUT2D eigenvalue weighted by molar-refractivity contribution is 0.0637. The Bertz CT molecular complexity index is 389. The number of amides is 1. The topological polar surface area (TPSA) is 92.3 Å². The zero-order valence-electron chi connectivity index (χ0n) is 9.50. The third kappa shape index (κ3) is 2.73. The first kappa shape index (κ1) is 12.3. The molecule has 0 aromatic carbocycles. The first-order chi connectivity index (χ1) is 8.22. The third-order valence-electron chi connectivity index (χ3n) is 2.99. The van der Waals surface area contributed by atoms with Gasteiger partial charge in [-0.25, -0.2) is 0 Å². The maximum Gasteiger partial charge on any atom is 0.285 e. The van der Waals surface area contributed by atoms with Crippen molar-refractivity contribution in [1.29, 1.82) is 0 Å². The van der Waals surface area contributed by atoms with E-state index in [1.54, 1.807) is 4.90 Å². The zero-order valence-corrected chi connectivity index (χ0v) is 10.3. The molecule has 6 nitrogen and oxygen atoms in total. The number of aromatic nitrogens is 2. The van der Waals surface area contributed by atoms with Crippen LogP contribution in [0.5, 0.6) is 0 Å². The van der Waals surface area contributed by atoms with Crippen LogP contribution in [-0.4, -0.2) is 45.3 Å². The fourth-order valence-corrected chi connectivity index (χ4v) is 2.78. The van der Waals surface area contributed by atoms with E-state index in [1.807, 2.05) is 0 Å². The highest BCUT2D eigenvalue weighted by atomic mass is 32.1. The highest BCUT2D eigenvalue weighted by Gasteiger charge is 2.28. The second-order valence-electron chi connectivity index (χ2n) is 4.11. The average Bonchev–Trinajstić information content (AvgIpc) is 2.95. The summed E-state index contributed by atoms with van der Waals surface area (Å²) in [5.41, 5.74) is 5.47. The van der Waals surface area contributed by atoms with E-state index >= 15 is 0 Å². The highest BCUT2D eigenvalue weighted by molar-refractivity contribution is 7.16. The van der Waals surface area contributed by atoms with Crippen molar-refractivity contribution in [3.63, 3.8) is 0 Å². The fraction of sp³-hybridized carbons (Fsp3) is 0.700. The summed E-state index contributed by atoms with van der Waals surface area (Å²) in [5, 5.41) is 17.1. The molecule has 0 bridgehead atoms. The standard InChI is InChI=1S/C10H16N4O2S/c11-10-13-12-8(17-10)9(16)14(5-6-15)7-3-1-2-4-7/h7,15H,1-6H2,(H2,11,13). The predicted octanol–water partition coefficient (Wildman–Crippen LogP) is 0.497. The van der Waals surface area contributed by atoms with Crippen molar-refractivity contribution in [2.45, 2.75) is 31.7 Å². The van der Waals surface area contributed by atoms with Gasteiger partial charge in [-0.3, -0.25) is 4.79 Å². The van der Waals surface area contributed by atoms with Crippen molar-refractivity contribution in [2.75, 3.05) is 18.9 Å². The minimum absolute atomic E-state index is 0.0312. The molecule has 1 amide bonds. The molecule has 2 rings (SSSR count). The van der Waals surface area contributed by atoms with E-state index in [-0.39, 0.29) is 18.6 Å². The smallest absolute Gasteiger partial charge is 0.285 e. The van der Waals surface area contributed by atoms with Crippen LogP contribution in [0.4, 0.5) is 5.13 Å². The second-order valence-corrected chi connectivity index (χ2v) is 5.11. The Balaban J connectivity index is 2.12. The molecule has 0 unspecified atom stereocenters. The van der Waals surface area contributed by atoms with E-state index < -0.39 is 0 Å². The number of nitrogens with two attached hydrogens (primary N) is 1. The molecule has 7 heteroatoms. The maximum atomic E-state index is 12.2. The molecule has 1 aliphatic carbocycles. The lowest BCUT2D eigenvalue weighted by atomic mass is 10.2. The van der Waals surface area contributed by atoms with E-state index in [9.17, 15) is 4.79 Å². The quantitative estimate of drug-likeness (QED) is 0.818. The van der Waals surface area contributed by atoms with E-state index in [2.05, 4.69) is 10.2 Å². The molecular weight excluding hydrogens is 240 g/mol. The molecule has 94 valence electrons. The third-order valence-corrected chi connectivity index (χ3v) is 3.73. The van der Waals surface area contributed by atoms with Crippen molar-refractivity contribution in [2.24, 2.45) is 0 Å². The molecule has 1 fully saturated rings. The highest BCUT2D eigenvalue weighted by Crippen LogP contribution is 2.25. The van der Waals surface area contributed by atoms with Gasteiger partial charge in [-0.05, 0) is 12.8 Å². The normalized spacial score (nSPS) is 16.3. The first-order valence-corrected chi connectivity index (χ1v) is 6.55. The van der Waals surface area contributed by atoms with Gasteiger partial charge in [-0.1, -0.05) is 24.2 Å². The Morgan fingerprint density at radius 1 is 1.47 bits per heavy atom. The van der Waals surface area contributed by atoms with Crippen LogP contribution in [0.1, 0.15) is 35.5 Å². The summed E-state index contributed by atoms with van der Waals surface area (Å²) in [4.78, 5) is 13.9. The number of aliphatic hydroxyl groups is 1. The minimum atomic E-state index is -0.167. The van der Waals surface area contributed by atoms with Gasteiger partial charge in [0.05, 0.1) is 6.61 Å². The van der Waals surface area contributed by atoms with Crippen LogP contribution in [0.25, 0.3) is 0 Å². The summed E-state index contributed by atoms with van der Waals surface area (Å²) in [6.07, 6.45) is 4.27. The Hall–Kier alpha value is -1.21. The Morgan fingerprint density at radius 2 is 2.18 bits per heavy atom. The van der Waals surface area contributed by atoms with E-state index in [0.717, 1.165) is 37.0 Å². The van der Waals surface area contributed by atoms with Crippen molar-refractivity contribution < 1.29 is 9.90 Å². The number of carbonyl (C=O) groups excluding carboxylic acids is 1. The number of carbonyl (C=O) groups is 1. The summed E-state index contributed by atoms with van der Waals surface area (Å²) in [5.74, 6) is -0.167. The van der Waals surface area contributed by atoms with Gasteiger partial charge in [0.1, 0.15) is 0 Å². The average molecular weight is 256 g/mol. The number of hydrogen-bond acceptors (Lipinski definition) is 6. The van der Waals surface area contributed by atoms with Crippen LogP contribution >= 0.6 is 11.3 Å². The van der Waals surface area contributed by atoms with Crippen LogP contribution < -0.4 is 5.73 Å². The van der Waals surface area contributed by atoms with Crippen molar-refractivity contribution in [3.8, 4) is 0 Å². The van der Waals surface area contributed by atoms with E-state index in [4.69, 9.17) is 10.8 Å². The lowest BCUT2D eigenvalue weighted by Gasteiger charge is -2.27. The van der Waals surface area contributed by atoms with Gasteiger partial charge < -0.3 is 15.7 Å². The summed E-state index contributed by atoms with van der Waals surface area (Å²) >= 11 is 1.09. The van der Waals surface area contributed by atoms with Gasteiger partial charge in [0.25, 0.3) is 5.91 Å². The number of rotatable bonds is 4. The molecule has 3 N–H and O–H groups in total. The molecule has 0 atom stereocenters. The SMILES string of the molecule is Nc1nnc(C(=O)N(CCO)C2CCCC2)s1. The molecule has 0 spiro atoms. The first-order valence-electron chi connectivity index (χ1n) is 5.73. The Labute approximate surface area is 103 Å². The summed E-state index contributed by atoms with van der Waals surface area (Å²) in [7, 11) is 0. The maximum absolute atomic E-state index is 12.2. The Kier molecular flexibility index (Phi) is 3.90. The Morgan fingerprint density at radius 3 is 2.71 bits per heavy atom. The van der Waals surface area contributed by atoms with Gasteiger partial charge in [-0.2, -0.15) is 0 Å². The molecule has 0 radical (unpaired) electrons. The molecule has 0 saturated heterocycles. The van der Waals surface area contributed by atoms with Crippen LogP contribution in [0, 0.1) is 0 Å². The summed E-state index contributed by atoms with van der Waals surface area (Å²) < 4.78 is 0. The van der Waals surface area contributed by atoms with Crippen molar-refractivity contribution in [1.82, 2.24) is 15.1 Å². The van der Waals surface area contributed by atoms with Crippen molar-refractivity contribution in [3.05, 3.63) is 5.01 Å². The van der Waals surface area contributed by atoms with Crippen LogP contribution in [0.15, 0.2) is 0 Å². The second kappa shape index (κ2) is 5.42. The summed E-state index contributed by atoms with van der Waals surface area (Å²) in [6.45, 7) is 0.319. The van der Waals surface area contributed by atoms with Crippen LogP contribution in [0.3, 0.4) is 0 Å². The van der Waals surface area contributed by atoms with Gasteiger partial charge >= 0.3 is 0 Å². The number of nitrogens with zero attached hydrogens (tertiary/aromatic N) is 3. The molecule has 1 aromatic heterocycles. The van der Waals surface area contributed by atoms with Crippen LogP contribution in [0.2, 0.25) is 0 Å². The van der Waals surface area contributed by atoms with Crippen LogP contribution in [-0.2, 0) is 0 Å². The van der Waals surface area contributed by atoms with E-state index in [1.165, 1.54) is 0 Å². The fourth-order valence-electron chi connectivity index (χ4n) is 2.22. The monoisotopic (exact) mass is 256 g/mol. The molecule has 0 aliphatic heterocycles. The molecular formula is C10H16N4O2S. The van der Waals surface area contributed by atoms with E-state index in [0.29, 0.717) is 16.7 Å². The van der Waals surface area contributed by atoms with Gasteiger partial charge in [0.2, 0.25) is 10.1 Å². The summed E-state index contributed by atoms with van der Waals surface area (Å²) in [6, 6.07) is 0.222. The lowest BCUT2D eigenvalue weighted by Crippen LogP contribution is -2.40. The number of anilines is 1.